The Bertz CT molecular complexity index is 405. The molecule has 2 unspecified atom stereocenters. The number of aromatic nitrogens is 1. The van der Waals surface area contributed by atoms with Crippen LogP contribution in [0, 0.1) is 18.3 Å². The Labute approximate surface area is 110 Å². The molecule has 1 heterocycles. The van der Waals surface area contributed by atoms with E-state index in [1.807, 2.05) is 0 Å². The van der Waals surface area contributed by atoms with Crippen molar-refractivity contribution in [3.8, 4) is 0 Å². The lowest BCUT2D eigenvalue weighted by atomic mass is 9.94. The lowest BCUT2D eigenvalue weighted by Gasteiger charge is -2.23. The van der Waals surface area contributed by atoms with Gasteiger partial charge in [0.15, 0.2) is 0 Å². The zero-order valence-electron chi connectivity index (χ0n) is 12.0. The molecule has 3 heteroatoms. The van der Waals surface area contributed by atoms with Crippen molar-refractivity contribution in [2.45, 2.75) is 46.6 Å². The minimum atomic E-state index is 0.355. The number of aryl methyl sites for hydroxylation is 1. The highest BCUT2D eigenvalue weighted by Gasteiger charge is 2.51. The quantitative estimate of drug-likeness (QED) is 0.840. The van der Waals surface area contributed by atoms with Crippen molar-refractivity contribution >= 4 is 5.82 Å². The summed E-state index contributed by atoms with van der Waals surface area (Å²) in [7, 11) is 0. The minimum absolute atomic E-state index is 0.355. The van der Waals surface area contributed by atoms with Gasteiger partial charge < -0.3 is 11.1 Å². The number of nitrogen functional groups attached to an aromatic ring is 1. The molecule has 0 saturated heterocycles. The maximum atomic E-state index is 6.10. The number of nitrogens with zero attached hydrogens (tertiary/aromatic N) is 1. The lowest BCUT2D eigenvalue weighted by Crippen LogP contribution is -2.27. The fourth-order valence-electron chi connectivity index (χ4n) is 2.82. The smallest absolute Gasteiger partial charge is 0.128 e. The summed E-state index contributed by atoms with van der Waals surface area (Å²) in [4.78, 5) is 4.26. The fraction of sp³-hybridized carbons (Fsp3) is 0.667. The van der Waals surface area contributed by atoms with Gasteiger partial charge in [0.25, 0.3) is 0 Å². The monoisotopic (exact) mass is 247 g/mol. The lowest BCUT2D eigenvalue weighted by molar-refractivity contribution is 0.415. The van der Waals surface area contributed by atoms with Crippen molar-refractivity contribution in [1.82, 2.24) is 10.3 Å². The summed E-state index contributed by atoms with van der Waals surface area (Å²) in [5.41, 5.74) is 8.99. The number of nitrogens with one attached hydrogen (secondary N) is 1. The Hall–Kier alpha value is -1.09. The third-order valence-corrected chi connectivity index (χ3v) is 4.16. The van der Waals surface area contributed by atoms with Crippen LogP contribution in [-0.2, 0) is 0 Å². The van der Waals surface area contributed by atoms with Gasteiger partial charge in [0.2, 0.25) is 0 Å². The largest absolute Gasteiger partial charge is 0.383 e. The summed E-state index contributed by atoms with van der Waals surface area (Å²) in [5.74, 6) is 1.36. The van der Waals surface area contributed by atoms with Gasteiger partial charge in [-0.15, -0.1) is 0 Å². The van der Waals surface area contributed by atoms with Crippen LogP contribution in [0.4, 0.5) is 5.82 Å². The molecule has 1 aliphatic carbocycles. The molecule has 0 bridgehead atoms. The molecule has 1 saturated carbocycles. The highest BCUT2D eigenvalue weighted by atomic mass is 15.0. The molecular weight excluding hydrogens is 222 g/mol. The Morgan fingerprint density at radius 3 is 2.72 bits per heavy atom. The van der Waals surface area contributed by atoms with Gasteiger partial charge in [0.1, 0.15) is 5.82 Å². The van der Waals surface area contributed by atoms with E-state index >= 15 is 0 Å². The highest BCUT2D eigenvalue weighted by molar-refractivity contribution is 5.47. The molecule has 1 aliphatic rings. The molecule has 0 amide bonds. The number of nitrogens with two attached hydrogens (primary N) is 1. The van der Waals surface area contributed by atoms with E-state index < -0.39 is 0 Å². The Balaban J connectivity index is 2.29. The van der Waals surface area contributed by atoms with Gasteiger partial charge in [-0.1, -0.05) is 20.8 Å². The van der Waals surface area contributed by atoms with Crippen LogP contribution < -0.4 is 11.1 Å². The summed E-state index contributed by atoms with van der Waals surface area (Å²) in [6.07, 6.45) is 4.20. The highest BCUT2D eigenvalue weighted by Crippen LogP contribution is 2.58. The second-order valence-corrected chi connectivity index (χ2v) is 6.16. The van der Waals surface area contributed by atoms with Crippen LogP contribution >= 0.6 is 0 Å². The number of hydrogen-bond acceptors (Lipinski definition) is 3. The normalized spacial score (nSPS) is 22.8. The second kappa shape index (κ2) is 4.88. The van der Waals surface area contributed by atoms with E-state index in [-0.39, 0.29) is 0 Å². The number of rotatable bonds is 5. The standard InChI is InChI=1S/C15H25N3/c1-5-7-17-13(11-9-15(11,3)4)12-10(2)6-8-18-14(12)16/h6,8,11,13,17H,5,7,9H2,1-4H3,(H2,16,18). The van der Waals surface area contributed by atoms with Crippen molar-refractivity contribution in [3.63, 3.8) is 0 Å². The summed E-state index contributed by atoms with van der Waals surface area (Å²) in [5, 5.41) is 3.66. The van der Waals surface area contributed by atoms with E-state index in [4.69, 9.17) is 5.73 Å². The molecular formula is C15H25N3. The number of pyridine rings is 1. The first kappa shape index (κ1) is 13.3. The summed E-state index contributed by atoms with van der Waals surface area (Å²) < 4.78 is 0. The molecule has 0 aromatic carbocycles. The maximum absolute atomic E-state index is 6.10. The van der Waals surface area contributed by atoms with E-state index in [2.05, 4.69) is 44.1 Å². The third kappa shape index (κ3) is 2.51. The first-order chi connectivity index (χ1) is 8.47. The molecule has 1 fully saturated rings. The van der Waals surface area contributed by atoms with Gasteiger partial charge in [-0.2, -0.15) is 0 Å². The average Bonchev–Trinajstić information content (AvgIpc) is 2.91. The van der Waals surface area contributed by atoms with Crippen LogP contribution in [0.3, 0.4) is 0 Å². The van der Waals surface area contributed by atoms with Gasteiger partial charge >= 0.3 is 0 Å². The van der Waals surface area contributed by atoms with Gasteiger partial charge in [-0.25, -0.2) is 4.98 Å². The predicted molar refractivity (Wildman–Crippen MR) is 76.3 cm³/mol. The molecule has 1 aromatic rings. The molecule has 0 spiro atoms. The van der Waals surface area contributed by atoms with Gasteiger partial charge in [-0.3, -0.25) is 0 Å². The van der Waals surface area contributed by atoms with Crippen LogP contribution in [0.1, 0.15) is 50.8 Å². The maximum Gasteiger partial charge on any atom is 0.128 e. The van der Waals surface area contributed by atoms with Crippen molar-refractivity contribution in [2.24, 2.45) is 11.3 Å². The van der Waals surface area contributed by atoms with E-state index in [9.17, 15) is 0 Å². The summed E-state index contributed by atoms with van der Waals surface area (Å²) >= 11 is 0. The molecule has 18 heavy (non-hydrogen) atoms. The van der Waals surface area contributed by atoms with Crippen LogP contribution in [0.15, 0.2) is 12.3 Å². The SMILES string of the molecule is CCCNC(c1c(C)ccnc1N)C1CC1(C)C. The van der Waals surface area contributed by atoms with E-state index in [1.54, 1.807) is 6.20 Å². The van der Waals surface area contributed by atoms with Crippen molar-refractivity contribution < 1.29 is 0 Å². The Morgan fingerprint density at radius 2 is 2.22 bits per heavy atom. The van der Waals surface area contributed by atoms with Crippen molar-refractivity contribution in [1.29, 1.82) is 0 Å². The van der Waals surface area contributed by atoms with Crippen LogP contribution in [0.25, 0.3) is 0 Å². The van der Waals surface area contributed by atoms with Gasteiger partial charge in [0, 0.05) is 17.8 Å². The molecule has 0 aliphatic heterocycles. The summed E-state index contributed by atoms with van der Waals surface area (Å²) in [6, 6.07) is 2.41. The molecule has 2 rings (SSSR count). The van der Waals surface area contributed by atoms with Crippen LogP contribution in [0.2, 0.25) is 0 Å². The molecule has 2 atom stereocenters. The second-order valence-electron chi connectivity index (χ2n) is 6.16. The van der Waals surface area contributed by atoms with Crippen molar-refractivity contribution in [3.05, 3.63) is 23.4 Å². The number of anilines is 1. The Kier molecular flexibility index (Phi) is 3.62. The summed E-state index contributed by atoms with van der Waals surface area (Å²) in [6.45, 7) is 10.0. The topological polar surface area (TPSA) is 50.9 Å². The zero-order valence-corrected chi connectivity index (χ0v) is 12.0. The first-order valence-corrected chi connectivity index (χ1v) is 6.91. The van der Waals surface area contributed by atoms with Crippen LogP contribution in [0.5, 0.6) is 0 Å². The molecule has 1 aromatic heterocycles. The van der Waals surface area contributed by atoms with Gasteiger partial charge in [-0.05, 0) is 49.3 Å². The Morgan fingerprint density at radius 1 is 1.56 bits per heavy atom. The minimum Gasteiger partial charge on any atom is -0.383 e. The van der Waals surface area contributed by atoms with E-state index in [0.717, 1.165) is 13.0 Å². The molecule has 3 N–H and O–H groups in total. The van der Waals surface area contributed by atoms with E-state index in [0.29, 0.717) is 23.2 Å². The fourth-order valence-corrected chi connectivity index (χ4v) is 2.82. The number of hydrogen-bond donors (Lipinski definition) is 2. The average molecular weight is 247 g/mol. The van der Waals surface area contributed by atoms with Gasteiger partial charge in [0.05, 0.1) is 0 Å². The van der Waals surface area contributed by atoms with Crippen molar-refractivity contribution in [2.75, 3.05) is 12.3 Å². The molecule has 100 valence electrons. The predicted octanol–water partition coefficient (Wildman–Crippen LogP) is 3.06. The van der Waals surface area contributed by atoms with E-state index in [1.165, 1.54) is 17.5 Å². The molecule has 0 radical (unpaired) electrons. The third-order valence-electron chi connectivity index (χ3n) is 4.16. The zero-order chi connectivity index (χ0) is 13.3. The first-order valence-electron chi connectivity index (χ1n) is 6.91. The molecule has 3 nitrogen and oxygen atoms in total. The van der Waals surface area contributed by atoms with Crippen LogP contribution in [-0.4, -0.2) is 11.5 Å².